The normalized spacial score (nSPS) is 25.3. The van der Waals surface area contributed by atoms with Crippen LogP contribution in [-0.4, -0.2) is 26.3 Å². The standard InChI is InChI=1S/C15H24N2O2S/c1-12(13-7-3-2-4-8-13)11-20(18,19)17-15-10-6-5-9-14(15)16/h2-4,7-8,12,14-15,17H,5-6,9-11,16H2,1H3/t12?,14-,15-/m1/s1. The minimum atomic E-state index is -3.29. The van der Waals surface area contributed by atoms with E-state index in [1.807, 2.05) is 37.3 Å². The number of benzene rings is 1. The minimum Gasteiger partial charge on any atom is -0.326 e. The molecule has 4 nitrogen and oxygen atoms in total. The lowest BCUT2D eigenvalue weighted by Gasteiger charge is -2.29. The molecule has 1 aliphatic carbocycles. The predicted molar refractivity (Wildman–Crippen MR) is 82.0 cm³/mol. The second-order valence-corrected chi connectivity index (χ2v) is 7.56. The van der Waals surface area contributed by atoms with Crippen molar-refractivity contribution in [2.24, 2.45) is 5.73 Å². The van der Waals surface area contributed by atoms with Gasteiger partial charge in [0.05, 0.1) is 5.75 Å². The third-order valence-electron chi connectivity index (χ3n) is 3.99. The van der Waals surface area contributed by atoms with Gasteiger partial charge in [0.2, 0.25) is 10.0 Å². The Bertz CT molecular complexity index is 516. The largest absolute Gasteiger partial charge is 0.326 e. The van der Waals surface area contributed by atoms with Crippen LogP contribution in [0.3, 0.4) is 0 Å². The highest BCUT2D eigenvalue weighted by Gasteiger charge is 2.27. The lowest BCUT2D eigenvalue weighted by Crippen LogP contribution is -2.50. The van der Waals surface area contributed by atoms with Crippen molar-refractivity contribution in [3.8, 4) is 0 Å². The van der Waals surface area contributed by atoms with Gasteiger partial charge in [0, 0.05) is 12.1 Å². The van der Waals surface area contributed by atoms with Crippen molar-refractivity contribution >= 4 is 10.0 Å². The molecule has 1 unspecified atom stereocenters. The molecule has 0 aromatic heterocycles. The summed E-state index contributed by atoms with van der Waals surface area (Å²) in [5, 5.41) is 0. The molecule has 112 valence electrons. The zero-order valence-electron chi connectivity index (χ0n) is 12.0. The van der Waals surface area contributed by atoms with Crippen molar-refractivity contribution in [3.05, 3.63) is 35.9 Å². The molecule has 1 aliphatic rings. The van der Waals surface area contributed by atoms with E-state index in [2.05, 4.69) is 4.72 Å². The van der Waals surface area contributed by atoms with Crippen molar-refractivity contribution in [3.63, 3.8) is 0 Å². The number of rotatable bonds is 5. The molecule has 0 bridgehead atoms. The summed E-state index contributed by atoms with van der Waals surface area (Å²) in [5.41, 5.74) is 7.05. The summed E-state index contributed by atoms with van der Waals surface area (Å²) >= 11 is 0. The van der Waals surface area contributed by atoms with Crippen molar-refractivity contribution in [1.82, 2.24) is 4.72 Å². The molecule has 0 amide bonds. The highest BCUT2D eigenvalue weighted by molar-refractivity contribution is 7.89. The van der Waals surface area contributed by atoms with Crippen LogP contribution in [0, 0.1) is 0 Å². The molecular formula is C15H24N2O2S. The van der Waals surface area contributed by atoms with Crippen LogP contribution in [0.1, 0.15) is 44.1 Å². The van der Waals surface area contributed by atoms with Gasteiger partial charge in [-0.3, -0.25) is 0 Å². The minimum absolute atomic E-state index is 0.0199. The smallest absolute Gasteiger partial charge is 0.212 e. The van der Waals surface area contributed by atoms with Crippen molar-refractivity contribution in [2.75, 3.05) is 5.75 Å². The first-order chi connectivity index (χ1) is 9.48. The molecule has 0 saturated heterocycles. The lowest BCUT2D eigenvalue weighted by molar-refractivity contribution is 0.361. The van der Waals surface area contributed by atoms with Crippen LogP contribution >= 0.6 is 0 Å². The lowest BCUT2D eigenvalue weighted by atomic mass is 9.92. The molecule has 0 radical (unpaired) electrons. The molecule has 1 aromatic rings. The third-order valence-corrected chi connectivity index (χ3v) is 5.59. The van der Waals surface area contributed by atoms with E-state index in [9.17, 15) is 8.42 Å². The van der Waals surface area contributed by atoms with Crippen LogP contribution in [0.25, 0.3) is 0 Å². The molecule has 0 spiro atoms. The van der Waals surface area contributed by atoms with Crippen LogP contribution in [0.2, 0.25) is 0 Å². The van der Waals surface area contributed by atoms with Crippen molar-refractivity contribution in [2.45, 2.75) is 50.6 Å². The van der Waals surface area contributed by atoms with Gasteiger partial charge in [-0.1, -0.05) is 50.1 Å². The summed E-state index contributed by atoms with van der Waals surface area (Å²) in [6.07, 6.45) is 3.90. The van der Waals surface area contributed by atoms with Crippen LogP contribution in [-0.2, 0) is 10.0 Å². The van der Waals surface area contributed by atoms with E-state index in [4.69, 9.17) is 5.73 Å². The maximum atomic E-state index is 12.3. The highest BCUT2D eigenvalue weighted by Crippen LogP contribution is 2.20. The summed E-state index contributed by atoms with van der Waals surface area (Å²) in [6, 6.07) is 9.58. The summed E-state index contributed by atoms with van der Waals surface area (Å²) in [5.74, 6) is 0.0914. The molecule has 1 aromatic carbocycles. The quantitative estimate of drug-likeness (QED) is 0.872. The van der Waals surface area contributed by atoms with E-state index in [0.29, 0.717) is 0 Å². The molecule has 5 heteroatoms. The first kappa shape index (κ1) is 15.5. The Hall–Kier alpha value is -0.910. The first-order valence-electron chi connectivity index (χ1n) is 7.28. The summed E-state index contributed by atoms with van der Waals surface area (Å²) in [4.78, 5) is 0. The van der Waals surface area contributed by atoms with E-state index in [0.717, 1.165) is 31.2 Å². The maximum absolute atomic E-state index is 12.3. The van der Waals surface area contributed by atoms with Gasteiger partial charge in [0.1, 0.15) is 0 Å². The summed E-state index contributed by atoms with van der Waals surface area (Å²) in [6.45, 7) is 1.94. The molecule has 0 aliphatic heterocycles. The number of nitrogens with two attached hydrogens (primary N) is 1. The Morgan fingerprint density at radius 1 is 1.25 bits per heavy atom. The van der Waals surface area contributed by atoms with E-state index < -0.39 is 10.0 Å². The molecule has 1 fully saturated rings. The van der Waals surface area contributed by atoms with E-state index in [-0.39, 0.29) is 23.8 Å². The zero-order valence-corrected chi connectivity index (χ0v) is 12.8. The van der Waals surface area contributed by atoms with E-state index in [1.54, 1.807) is 0 Å². The second-order valence-electron chi connectivity index (χ2n) is 5.77. The number of nitrogens with one attached hydrogen (secondary N) is 1. The average molecular weight is 296 g/mol. The van der Waals surface area contributed by atoms with Crippen LogP contribution in [0.5, 0.6) is 0 Å². The van der Waals surface area contributed by atoms with Crippen LogP contribution in [0.15, 0.2) is 30.3 Å². The SMILES string of the molecule is CC(CS(=O)(=O)N[C@@H]1CCCC[C@H]1N)c1ccccc1. The summed E-state index contributed by atoms with van der Waals surface area (Å²) in [7, 11) is -3.29. The van der Waals surface area contributed by atoms with Gasteiger partial charge in [0.25, 0.3) is 0 Å². The number of sulfonamides is 1. The average Bonchev–Trinajstić information content (AvgIpc) is 2.41. The Morgan fingerprint density at radius 3 is 2.55 bits per heavy atom. The molecule has 2 rings (SSSR count). The highest BCUT2D eigenvalue weighted by atomic mass is 32.2. The zero-order chi connectivity index (χ0) is 14.6. The Kier molecular flexibility index (Phi) is 5.18. The van der Waals surface area contributed by atoms with E-state index >= 15 is 0 Å². The van der Waals surface area contributed by atoms with E-state index in [1.165, 1.54) is 0 Å². The fraction of sp³-hybridized carbons (Fsp3) is 0.600. The van der Waals surface area contributed by atoms with Crippen molar-refractivity contribution in [1.29, 1.82) is 0 Å². The molecule has 0 heterocycles. The van der Waals surface area contributed by atoms with Gasteiger partial charge in [-0.25, -0.2) is 13.1 Å². The Morgan fingerprint density at radius 2 is 1.90 bits per heavy atom. The number of hydrogen-bond donors (Lipinski definition) is 2. The molecule has 3 N–H and O–H groups in total. The third kappa shape index (κ3) is 4.30. The van der Waals surface area contributed by atoms with Gasteiger partial charge in [-0.2, -0.15) is 0 Å². The molecule has 1 saturated carbocycles. The molecule has 3 atom stereocenters. The Labute approximate surface area is 121 Å². The van der Waals surface area contributed by atoms with Gasteiger partial charge in [-0.05, 0) is 24.3 Å². The van der Waals surface area contributed by atoms with Gasteiger partial charge >= 0.3 is 0 Å². The predicted octanol–water partition coefficient (Wildman–Crippen LogP) is 1.98. The topological polar surface area (TPSA) is 72.2 Å². The monoisotopic (exact) mass is 296 g/mol. The fourth-order valence-corrected chi connectivity index (χ4v) is 4.49. The number of hydrogen-bond acceptors (Lipinski definition) is 3. The Balaban J connectivity index is 1.97. The van der Waals surface area contributed by atoms with Gasteiger partial charge < -0.3 is 5.73 Å². The first-order valence-corrected chi connectivity index (χ1v) is 8.94. The van der Waals surface area contributed by atoms with Crippen LogP contribution < -0.4 is 10.5 Å². The second kappa shape index (κ2) is 6.70. The molecule has 20 heavy (non-hydrogen) atoms. The van der Waals surface area contributed by atoms with Gasteiger partial charge in [-0.15, -0.1) is 0 Å². The van der Waals surface area contributed by atoms with Crippen LogP contribution in [0.4, 0.5) is 0 Å². The fourth-order valence-electron chi connectivity index (χ4n) is 2.79. The summed E-state index contributed by atoms with van der Waals surface area (Å²) < 4.78 is 27.3. The van der Waals surface area contributed by atoms with Gasteiger partial charge in [0.15, 0.2) is 0 Å². The molecular weight excluding hydrogens is 272 g/mol. The van der Waals surface area contributed by atoms with Crippen molar-refractivity contribution < 1.29 is 8.42 Å². The maximum Gasteiger partial charge on any atom is 0.212 e.